The zero-order valence-electron chi connectivity index (χ0n) is 19.2. The van der Waals surface area contributed by atoms with Crippen LogP contribution in [0.2, 0.25) is 0 Å². The number of hydrogen-bond donors (Lipinski definition) is 0. The minimum Gasteiger partial charge on any atom is -0.463 e. The van der Waals surface area contributed by atoms with Gasteiger partial charge in [-0.25, -0.2) is 0 Å². The van der Waals surface area contributed by atoms with Gasteiger partial charge in [-0.15, -0.1) is 0 Å². The fourth-order valence-electron chi connectivity index (χ4n) is 2.70. The Bertz CT molecular complexity index is 1060. The van der Waals surface area contributed by atoms with Crippen LogP contribution in [0, 0.1) is 0 Å². The summed E-state index contributed by atoms with van der Waals surface area (Å²) in [6.45, 7) is 1.17. The zero-order chi connectivity index (χ0) is 22.4. The molecule has 0 aliphatic rings. The Morgan fingerprint density at radius 1 is 0.556 bits per heavy atom. The topological polar surface area (TPSA) is 104 Å². The minimum atomic E-state index is 0. The summed E-state index contributed by atoms with van der Waals surface area (Å²) in [5.74, 6) is 0. The number of aromatic nitrogens is 4. The summed E-state index contributed by atoms with van der Waals surface area (Å²) in [7, 11) is 0. The van der Waals surface area contributed by atoms with Crippen molar-refractivity contribution in [3.05, 3.63) is 96.6 Å². The normalized spacial score (nSPS) is 8.67. The maximum atomic E-state index is 10.2. The van der Waals surface area contributed by atoms with Gasteiger partial charge in [-0.1, -0.05) is 12.1 Å². The Balaban J connectivity index is 0. The average molecular weight is 796 g/mol. The molecule has 0 spiro atoms. The van der Waals surface area contributed by atoms with Gasteiger partial charge in [0.25, 0.3) is 12.9 Å². The van der Waals surface area contributed by atoms with E-state index in [1.807, 2.05) is 36.4 Å². The number of pyridine rings is 4. The van der Waals surface area contributed by atoms with Gasteiger partial charge in [0.15, 0.2) is 0 Å². The van der Waals surface area contributed by atoms with Crippen molar-refractivity contribution in [2.24, 2.45) is 0 Å². The van der Waals surface area contributed by atoms with E-state index in [-0.39, 0.29) is 131 Å². The molecule has 0 aromatic carbocycles. The molecule has 0 aliphatic heterocycles. The van der Waals surface area contributed by atoms with Gasteiger partial charge in [-0.3, -0.25) is 29.5 Å². The molecule has 36 heavy (non-hydrogen) atoms. The van der Waals surface area contributed by atoms with Crippen molar-refractivity contribution in [1.29, 1.82) is 0 Å². The molecule has 4 rings (SSSR count). The first-order valence-corrected chi connectivity index (χ1v) is 9.63. The molecule has 0 aliphatic carbocycles. The Labute approximate surface area is 298 Å². The first kappa shape index (κ1) is 37.6. The molecule has 3 radical (unpaired) electrons. The van der Waals surface area contributed by atoms with Crippen LogP contribution in [0.15, 0.2) is 85.5 Å². The predicted molar refractivity (Wildman–Crippen MR) is 117 cm³/mol. The van der Waals surface area contributed by atoms with Crippen LogP contribution in [-0.4, -0.2) is 32.9 Å². The molecule has 0 amide bonds. The van der Waals surface area contributed by atoms with Gasteiger partial charge in [-0.05, 0) is 59.7 Å². The van der Waals surface area contributed by atoms with Crippen LogP contribution in [0.3, 0.4) is 0 Å². The standard InChI is InChI=1S/C14H12N2O4.C10H8N2.Ru.3Y/c17-9-19-7-11-1-3-15-13(5-11)14-6-12(2-4-16-14)8-20-10-18;1-3-7-11-9(5-1)10-6-2-4-8-12-10;;;;/h1-6,9-10H,7-8H2;1-8H;;;;. The molecule has 4 aromatic rings. The van der Waals surface area contributed by atoms with Gasteiger partial charge in [0.1, 0.15) is 13.2 Å². The molecule has 4 aromatic heterocycles. The van der Waals surface area contributed by atoms with E-state index in [0.717, 1.165) is 22.5 Å². The van der Waals surface area contributed by atoms with Crippen LogP contribution in [0.5, 0.6) is 0 Å². The largest absolute Gasteiger partial charge is 0.463 e. The van der Waals surface area contributed by atoms with Crippen LogP contribution >= 0.6 is 0 Å². The molecule has 4 heterocycles. The summed E-state index contributed by atoms with van der Waals surface area (Å²) < 4.78 is 9.40. The van der Waals surface area contributed by atoms with Gasteiger partial charge in [0.05, 0.1) is 22.8 Å². The fourth-order valence-corrected chi connectivity index (χ4v) is 2.70. The molecule has 0 fully saturated rings. The molecule has 0 N–H and O–H groups in total. The average Bonchev–Trinajstić information content (AvgIpc) is 2.88. The fraction of sp³-hybridized carbons (Fsp3) is 0.0833. The number of nitrogens with zero attached hydrogens (tertiary/aromatic N) is 4. The second kappa shape index (κ2) is 22.5. The molecular formula is C24H20N4O4RuY3. The van der Waals surface area contributed by atoms with E-state index in [1.165, 1.54) is 0 Å². The third kappa shape index (κ3) is 13.3. The van der Waals surface area contributed by atoms with Gasteiger partial charge in [-0.2, -0.15) is 0 Å². The monoisotopic (exact) mass is 797 g/mol. The van der Waals surface area contributed by atoms with Crippen molar-refractivity contribution >= 4 is 12.9 Å². The van der Waals surface area contributed by atoms with Crippen LogP contribution in [0.25, 0.3) is 22.8 Å². The van der Waals surface area contributed by atoms with E-state index >= 15 is 0 Å². The predicted octanol–water partition coefficient (Wildman–Crippen LogP) is 3.62. The minimum absolute atomic E-state index is 0. The molecule has 0 atom stereocenters. The van der Waals surface area contributed by atoms with Crippen molar-refractivity contribution < 1.29 is 137 Å². The number of carbonyl (C=O) groups is 2. The second-order valence-electron chi connectivity index (χ2n) is 6.34. The Kier molecular flexibility index (Phi) is 23.5. The van der Waals surface area contributed by atoms with Crippen LogP contribution < -0.4 is 0 Å². The SMILES string of the molecule is O=COCc1ccnc(-c2cc(COC=O)ccn2)c1.[Ru].[Y].[Y].[Y].c1ccc(-c2ccccn2)nc1. The summed E-state index contributed by atoms with van der Waals surface area (Å²) in [6.07, 6.45) is 6.78. The van der Waals surface area contributed by atoms with E-state index in [0.29, 0.717) is 24.3 Å². The van der Waals surface area contributed by atoms with Crippen LogP contribution in [0.1, 0.15) is 11.1 Å². The number of carbonyl (C=O) groups excluding carboxylic acids is 2. The number of hydrogen-bond acceptors (Lipinski definition) is 8. The zero-order valence-corrected chi connectivity index (χ0v) is 29.4. The number of ether oxygens (including phenoxy) is 2. The van der Waals surface area contributed by atoms with E-state index < -0.39 is 0 Å². The Hall–Kier alpha value is -0.525. The number of rotatable bonds is 8. The molecule has 8 nitrogen and oxygen atoms in total. The van der Waals surface area contributed by atoms with E-state index in [2.05, 4.69) is 19.9 Å². The van der Waals surface area contributed by atoms with Gasteiger partial charge in [0.2, 0.25) is 0 Å². The van der Waals surface area contributed by atoms with Crippen molar-refractivity contribution in [3.63, 3.8) is 0 Å². The van der Waals surface area contributed by atoms with E-state index in [1.54, 1.807) is 49.1 Å². The summed E-state index contributed by atoms with van der Waals surface area (Å²) >= 11 is 0. The van der Waals surface area contributed by atoms with E-state index in [4.69, 9.17) is 9.47 Å². The maximum absolute atomic E-state index is 10.2. The summed E-state index contributed by atoms with van der Waals surface area (Å²) in [4.78, 5) is 37.2. The third-order valence-corrected chi connectivity index (χ3v) is 4.14. The quantitative estimate of drug-likeness (QED) is 0.197. The summed E-state index contributed by atoms with van der Waals surface area (Å²) in [5.41, 5.74) is 4.78. The van der Waals surface area contributed by atoms with Crippen molar-refractivity contribution in [2.45, 2.75) is 13.2 Å². The van der Waals surface area contributed by atoms with Gasteiger partial charge < -0.3 is 9.47 Å². The van der Waals surface area contributed by atoms with E-state index in [9.17, 15) is 9.59 Å². The van der Waals surface area contributed by atoms with Crippen molar-refractivity contribution in [2.75, 3.05) is 0 Å². The maximum Gasteiger partial charge on any atom is 0.293 e. The van der Waals surface area contributed by atoms with Gasteiger partial charge in [0, 0.05) is 142 Å². The first-order valence-electron chi connectivity index (χ1n) is 9.63. The van der Waals surface area contributed by atoms with Crippen molar-refractivity contribution in [3.8, 4) is 22.8 Å². The molecule has 0 saturated heterocycles. The van der Waals surface area contributed by atoms with Gasteiger partial charge >= 0.3 is 0 Å². The molecule has 177 valence electrons. The molecule has 0 bridgehead atoms. The smallest absolute Gasteiger partial charge is 0.293 e. The molecule has 0 unspecified atom stereocenters. The summed E-state index contributed by atoms with van der Waals surface area (Å²) in [5, 5.41) is 0. The molecule has 12 heteroatoms. The first-order chi connectivity index (χ1) is 15.8. The Morgan fingerprint density at radius 3 is 1.28 bits per heavy atom. The van der Waals surface area contributed by atoms with Crippen molar-refractivity contribution in [1.82, 2.24) is 19.9 Å². The summed E-state index contributed by atoms with van der Waals surface area (Å²) in [6, 6.07) is 18.7. The molecule has 0 saturated carbocycles. The Morgan fingerprint density at radius 2 is 0.944 bits per heavy atom. The second-order valence-corrected chi connectivity index (χ2v) is 6.34. The third-order valence-electron chi connectivity index (χ3n) is 4.14. The van der Waals surface area contributed by atoms with Crippen LogP contribution in [-0.2, 0) is 150 Å². The molecular weight excluding hydrogens is 776 g/mol. The van der Waals surface area contributed by atoms with Crippen LogP contribution in [0.4, 0.5) is 0 Å².